The van der Waals surface area contributed by atoms with Gasteiger partial charge >= 0.3 is 18.2 Å². The van der Waals surface area contributed by atoms with Gasteiger partial charge < -0.3 is 24.4 Å². The lowest BCUT2D eigenvalue weighted by atomic mass is 10.1. The number of nitrogens with zero attached hydrogens (tertiary/aromatic N) is 2. The molecule has 0 aromatic heterocycles. The molecule has 0 aromatic rings. The molecule has 1 aliphatic heterocycles. The summed E-state index contributed by atoms with van der Waals surface area (Å²) < 4.78 is 15.8. The Morgan fingerprint density at radius 1 is 1.00 bits per heavy atom. The Kier molecular flexibility index (Phi) is 8.53. The van der Waals surface area contributed by atoms with Crippen molar-refractivity contribution in [1.29, 1.82) is 0 Å². The molecule has 0 aromatic carbocycles. The predicted octanol–water partition coefficient (Wildman–Crippen LogP) is 2.00. The second-order valence-corrected chi connectivity index (χ2v) is 8.66. The summed E-state index contributed by atoms with van der Waals surface area (Å²) in [5.41, 5.74) is -1.18. The van der Waals surface area contributed by atoms with Crippen LogP contribution in [0.4, 0.5) is 9.59 Å². The fourth-order valence-corrected chi connectivity index (χ4v) is 2.66. The van der Waals surface area contributed by atoms with E-state index in [0.29, 0.717) is 26.2 Å². The lowest BCUT2D eigenvalue weighted by Gasteiger charge is -2.40. The first-order chi connectivity index (χ1) is 12.8. The van der Waals surface area contributed by atoms with Gasteiger partial charge in [-0.3, -0.25) is 9.69 Å². The summed E-state index contributed by atoms with van der Waals surface area (Å²) in [5.74, 6) is -0.395. The Bertz CT molecular complexity index is 551. The van der Waals surface area contributed by atoms with Crippen LogP contribution in [0.3, 0.4) is 0 Å². The van der Waals surface area contributed by atoms with E-state index in [9.17, 15) is 14.4 Å². The third kappa shape index (κ3) is 8.77. The third-order valence-electron chi connectivity index (χ3n) is 3.77. The van der Waals surface area contributed by atoms with E-state index in [4.69, 9.17) is 14.2 Å². The molecule has 9 heteroatoms. The largest absolute Gasteiger partial charge is 0.465 e. The number of carbonyl (C=O) groups excluding carboxylic acids is 3. The summed E-state index contributed by atoms with van der Waals surface area (Å²) in [7, 11) is 0. The summed E-state index contributed by atoms with van der Waals surface area (Å²) in [6, 6.07) is -0.610. The van der Waals surface area contributed by atoms with Crippen molar-refractivity contribution in [1.82, 2.24) is 15.1 Å². The molecule has 0 saturated carbocycles. The van der Waals surface area contributed by atoms with Crippen LogP contribution in [0, 0.1) is 0 Å². The van der Waals surface area contributed by atoms with E-state index in [1.165, 1.54) is 4.90 Å². The van der Waals surface area contributed by atoms with Crippen molar-refractivity contribution < 1.29 is 28.6 Å². The highest BCUT2D eigenvalue weighted by molar-refractivity contribution is 5.78. The Morgan fingerprint density at radius 2 is 1.61 bits per heavy atom. The minimum Gasteiger partial charge on any atom is -0.465 e. The molecule has 0 aliphatic carbocycles. The van der Waals surface area contributed by atoms with E-state index in [1.807, 2.05) is 4.90 Å². The minimum atomic E-state index is -0.610. The van der Waals surface area contributed by atoms with E-state index in [0.717, 1.165) is 0 Å². The smallest absolute Gasteiger partial charge is 0.410 e. The Morgan fingerprint density at radius 3 is 2.14 bits per heavy atom. The lowest BCUT2D eigenvalue weighted by Crippen LogP contribution is -2.59. The molecular weight excluding hydrogens is 366 g/mol. The van der Waals surface area contributed by atoms with Gasteiger partial charge in [0.1, 0.15) is 17.2 Å². The van der Waals surface area contributed by atoms with Gasteiger partial charge in [0.05, 0.1) is 13.2 Å². The molecule has 1 rings (SSSR count). The molecule has 1 saturated heterocycles. The minimum absolute atomic E-state index is 0.181. The normalized spacial score (nSPS) is 18.4. The molecular formula is C19H35N3O6. The van der Waals surface area contributed by atoms with Crippen molar-refractivity contribution in [3.05, 3.63) is 0 Å². The highest BCUT2D eigenvalue weighted by Gasteiger charge is 2.36. The van der Waals surface area contributed by atoms with Gasteiger partial charge in [-0.1, -0.05) is 0 Å². The number of alkyl carbamates (subject to hydrolysis) is 1. The van der Waals surface area contributed by atoms with Crippen molar-refractivity contribution >= 4 is 18.2 Å². The van der Waals surface area contributed by atoms with Crippen molar-refractivity contribution in [2.45, 2.75) is 65.7 Å². The van der Waals surface area contributed by atoms with Crippen LogP contribution in [-0.4, -0.2) is 84.5 Å². The van der Waals surface area contributed by atoms with Gasteiger partial charge in [-0.05, 0) is 48.5 Å². The number of nitrogens with one attached hydrogen (secondary N) is 1. The van der Waals surface area contributed by atoms with Crippen LogP contribution < -0.4 is 5.32 Å². The molecule has 1 aliphatic rings. The molecule has 1 heterocycles. The third-order valence-corrected chi connectivity index (χ3v) is 3.77. The highest BCUT2D eigenvalue weighted by Crippen LogP contribution is 2.16. The predicted molar refractivity (Wildman–Crippen MR) is 104 cm³/mol. The van der Waals surface area contributed by atoms with Gasteiger partial charge in [0.15, 0.2) is 0 Å². The molecule has 0 radical (unpaired) electrons. The summed E-state index contributed by atoms with van der Waals surface area (Å²) in [6.45, 7) is 14.6. The Balaban J connectivity index is 2.66. The van der Waals surface area contributed by atoms with E-state index in [2.05, 4.69) is 5.32 Å². The number of ether oxygens (including phenoxy) is 3. The monoisotopic (exact) mass is 401 g/mol. The maximum absolute atomic E-state index is 12.4. The topological polar surface area (TPSA) is 97.4 Å². The fourth-order valence-electron chi connectivity index (χ4n) is 2.66. The maximum atomic E-state index is 12.4. The maximum Gasteiger partial charge on any atom is 0.410 e. The van der Waals surface area contributed by atoms with Crippen LogP contribution in [0.25, 0.3) is 0 Å². The number of carbonyl (C=O) groups is 3. The molecule has 1 N–H and O–H groups in total. The molecule has 0 bridgehead atoms. The first-order valence-corrected chi connectivity index (χ1v) is 9.68. The number of esters is 1. The standard InChI is InChI=1S/C19H35N3O6/c1-8-26-15(23)14-13-22(17(25)28-19(5,6)7)12-11-21(14)10-9-20-16(24)27-18(2,3)4/h14H,8-13H2,1-7H3,(H,20,24). The van der Waals surface area contributed by atoms with Crippen molar-refractivity contribution in [2.75, 3.05) is 39.3 Å². The second kappa shape index (κ2) is 9.95. The van der Waals surface area contributed by atoms with Gasteiger partial charge in [0, 0.05) is 26.2 Å². The van der Waals surface area contributed by atoms with Crippen LogP contribution >= 0.6 is 0 Å². The molecule has 2 amide bonds. The summed E-state index contributed by atoms with van der Waals surface area (Å²) in [6.07, 6.45) is -0.957. The average molecular weight is 402 g/mol. The molecule has 9 nitrogen and oxygen atoms in total. The van der Waals surface area contributed by atoms with Gasteiger partial charge in [0.25, 0.3) is 0 Å². The van der Waals surface area contributed by atoms with E-state index in [1.54, 1.807) is 48.5 Å². The number of hydrogen-bond donors (Lipinski definition) is 1. The highest BCUT2D eigenvalue weighted by atomic mass is 16.6. The first-order valence-electron chi connectivity index (χ1n) is 9.68. The lowest BCUT2D eigenvalue weighted by molar-refractivity contribution is -0.151. The quantitative estimate of drug-likeness (QED) is 0.556. The van der Waals surface area contributed by atoms with Crippen LogP contribution in [0.15, 0.2) is 0 Å². The van der Waals surface area contributed by atoms with Gasteiger partial charge in [-0.25, -0.2) is 9.59 Å². The SMILES string of the molecule is CCOC(=O)C1CN(C(=O)OC(C)(C)C)CCN1CCNC(=O)OC(C)(C)C. The molecule has 162 valence electrons. The van der Waals surface area contributed by atoms with Crippen molar-refractivity contribution in [2.24, 2.45) is 0 Å². The molecule has 1 atom stereocenters. The van der Waals surface area contributed by atoms with E-state index < -0.39 is 35.4 Å². The van der Waals surface area contributed by atoms with Gasteiger partial charge in [-0.15, -0.1) is 0 Å². The number of rotatable bonds is 5. The van der Waals surface area contributed by atoms with Crippen LogP contribution in [-0.2, 0) is 19.0 Å². The summed E-state index contributed by atoms with van der Waals surface area (Å²) in [5, 5.41) is 2.68. The first kappa shape index (κ1) is 24.0. The fraction of sp³-hybridized carbons (Fsp3) is 0.842. The molecule has 0 spiro atoms. The Hall–Kier alpha value is -2.03. The van der Waals surface area contributed by atoms with E-state index in [-0.39, 0.29) is 13.2 Å². The molecule has 1 fully saturated rings. The zero-order valence-corrected chi connectivity index (χ0v) is 18.2. The zero-order chi connectivity index (χ0) is 21.5. The zero-order valence-electron chi connectivity index (χ0n) is 18.2. The Labute approximate surface area is 167 Å². The van der Waals surface area contributed by atoms with Crippen LogP contribution in [0.2, 0.25) is 0 Å². The summed E-state index contributed by atoms with van der Waals surface area (Å²) >= 11 is 0. The number of hydrogen-bond acceptors (Lipinski definition) is 7. The van der Waals surface area contributed by atoms with Crippen LogP contribution in [0.1, 0.15) is 48.5 Å². The van der Waals surface area contributed by atoms with E-state index >= 15 is 0 Å². The van der Waals surface area contributed by atoms with Gasteiger partial charge in [0.2, 0.25) is 0 Å². The summed E-state index contributed by atoms with van der Waals surface area (Å²) in [4.78, 5) is 39.9. The van der Waals surface area contributed by atoms with Gasteiger partial charge in [-0.2, -0.15) is 0 Å². The number of amides is 2. The van der Waals surface area contributed by atoms with Crippen LogP contribution in [0.5, 0.6) is 0 Å². The number of piperazine rings is 1. The second-order valence-electron chi connectivity index (χ2n) is 8.66. The molecule has 1 unspecified atom stereocenters. The van der Waals surface area contributed by atoms with Crippen molar-refractivity contribution in [3.63, 3.8) is 0 Å². The average Bonchev–Trinajstić information content (AvgIpc) is 2.51. The molecule has 28 heavy (non-hydrogen) atoms. The van der Waals surface area contributed by atoms with Crippen molar-refractivity contribution in [3.8, 4) is 0 Å².